The second-order valence-corrected chi connectivity index (χ2v) is 3.57. The predicted octanol–water partition coefficient (Wildman–Crippen LogP) is 2.06. The van der Waals surface area contributed by atoms with Crippen molar-refractivity contribution in [3.63, 3.8) is 0 Å². The summed E-state index contributed by atoms with van der Waals surface area (Å²) in [5, 5.41) is 8.47. The summed E-state index contributed by atoms with van der Waals surface area (Å²) in [7, 11) is 0. The Morgan fingerprint density at radius 1 is 1.60 bits per heavy atom. The Hall–Kier alpha value is -1.44. The number of amides is 1. The fourth-order valence-corrected chi connectivity index (χ4v) is 1.55. The molecule has 0 saturated carbocycles. The molecule has 0 radical (unpaired) electrons. The van der Waals surface area contributed by atoms with E-state index >= 15 is 0 Å². The number of hydrogen-bond donors (Lipinski definition) is 0. The minimum absolute atomic E-state index is 0.274. The van der Waals surface area contributed by atoms with Crippen molar-refractivity contribution in [2.75, 3.05) is 6.54 Å². The maximum atomic E-state index is 12.8. The Labute approximate surface area is 87.0 Å². The number of likely N-dealkylation sites (tertiary alicyclic amines) is 1. The average molecular weight is 214 g/mol. The number of hydrogen-bond acceptors (Lipinski definition) is 2. The van der Waals surface area contributed by atoms with Crippen molar-refractivity contribution in [3.05, 3.63) is 11.8 Å². The van der Waals surface area contributed by atoms with Crippen molar-refractivity contribution in [1.82, 2.24) is 4.90 Å². The van der Waals surface area contributed by atoms with Gasteiger partial charge in [-0.2, -0.15) is 14.0 Å². The number of halogens is 2. The van der Waals surface area contributed by atoms with Gasteiger partial charge in [0.05, 0.1) is 6.07 Å². The van der Waals surface area contributed by atoms with E-state index in [-0.39, 0.29) is 6.54 Å². The van der Waals surface area contributed by atoms with Crippen molar-refractivity contribution < 1.29 is 13.6 Å². The molecule has 0 aromatic heterocycles. The zero-order valence-electron chi connectivity index (χ0n) is 8.46. The minimum Gasteiger partial charge on any atom is -0.310 e. The van der Waals surface area contributed by atoms with Gasteiger partial charge in [-0.1, -0.05) is 0 Å². The smallest absolute Gasteiger partial charge is 0.310 e. The fourth-order valence-electron chi connectivity index (χ4n) is 1.55. The molecule has 0 bridgehead atoms. The predicted molar refractivity (Wildman–Crippen MR) is 49.9 cm³/mol. The first-order valence-electron chi connectivity index (χ1n) is 4.75. The van der Waals surface area contributed by atoms with E-state index in [1.165, 1.54) is 6.08 Å². The Bertz CT molecular complexity index is 325. The van der Waals surface area contributed by atoms with Gasteiger partial charge in [-0.25, -0.2) is 0 Å². The molecule has 0 spiro atoms. The van der Waals surface area contributed by atoms with Gasteiger partial charge in [0.15, 0.2) is 0 Å². The molecule has 0 aromatic rings. The normalized spacial score (nSPS) is 20.1. The number of piperidine rings is 1. The average Bonchev–Trinajstić information content (AvgIpc) is 2.17. The molecule has 5 heteroatoms. The third-order valence-electron chi connectivity index (χ3n) is 2.26. The van der Waals surface area contributed by atoms with Gasteiger partial charge in [0.25, 0.3) is 5.91 Å². The summed E-state index contributed by atoms with van der Waals surface area (Å²) in [5.74, 6) is -4.59. The van der Waals surface area contributed by atoms with Crippen LogP contribution in [0.15, 0.2) is 11.8 Å². The quantitative estimate of drug-likeness (QED) is 0.627. The molecular formula is C10H12F2N2O. The molecule has 1 heterocycles. The molecule has 1 amide bonds. The summed E-state index contributed by atoms with van der Waals surface area (Å²) in [6, 6.07) is 1.77. The molecule has 1 aliphatic heterocycles. The van der Waals surface area contributed by atoms with E-state index in [0.29, 0.717) is 25.5 Å². The van der Waals surface area contributed by atoms with Crippen LogP contribution in [0.4, 0.5) is 8.78 Å². The third kappa shape index (κ3) is 2.75. The Morgan fingerprint density at radius 3 is 2.80 bits per heavy atom. The van der Waals surface area contributed by atoms with Crippen LogP contribution in [0.2, 0.25) is 0 Å². The van der Waals surface area contributed by atoms with Crippen LogP contribution in [-0.2, 0) is 4.79 Å². The molecule has 0 N–H and O–H groups in total. The molecule has 3 nitrogen and oxygen atoms in total. The molecule has 0 unspecified atom stereocenters. The molecule has 0 aliphatic carbocycles. The number of allylic oxidation sites excluding steroid dienone is 2. The van der Waals surface area contributed by atoms with Gasteiger partial charge in [0.1, 0.15) is 0 Å². The molecule has 0 aromatic carbocycles. The van der Waals surface area contributed by atoms with Crippen molar-refractivity contribution in [3.8, 4) is 6.07 Å². The van der Waals surface area contributed by atoms with Crippen LogP contribution in [0.25, 0.3) is 0 Å². The summed E-state index contributed by atoms with van der Waals surface area (Å²) in [6.07, 6.45) is 3.20. The summed E-state index contributed by atoms with van der Waals surface area (Å²) >= 11 is 0. The van der Waals surface area contributed by atoms with Crippen LogP contribution in [0.3, 0.4) is 0 Å². The fraction of sp³-hybridized carbons (Fsp3) is 0.600. The third-order valence-corrected chi connectivity index (χ3v) is 2.26. The van der Waals surface area contributed by atoms with Gasteiger partial charge >= 0.3 is 5.92 Å². The van der Waals surface area contributed by atoms with Gasteiger partial charge in [-0.05, 0) is 19.3 Å². The molecule has 1 saturated heterocycles. The van der Waals surface area contributed by atoms with Crippen LogP contribution in [-0.4, -0.2) is 23.3 Å². The van der Waals surface area contributed by atoms with Crippen molar-refractivity contribution in [1.29, 1.82) is 5.26 Å². The van der Waals surface area contributed by atoms with E-state index in [1.54, 1.807) is 6.07 Å². The minimum atomic E-state index is -3.37. The molecule has 1 rings (SSSR count). The van der Waals surface area contributed by atoms with E-state index in [2.05, 4.69) is 0 Å². The zero-order valence-corrected chi connectivity index (χ0v) is 8.46. The Kier molecular flexibility index (Phi) is 3.40. The standard InChI is InChI=1S/C10H12F2N2O/c1-10(11,12)9(15)14-7-3-2-4-8(14)5-6-13/h5H,2-4,7H2,1H3. The van der Waals surface area contributed by atoms with Gasteiger partial charge in [-0.15, -0.1) is 0 Å². The highest BCUT2D eigenvalue weighted by molar-refractivity contribution is 5.84. The monoisotopic (exact) mass is 214 g/mol. The van der Waals surface area contributed by atoms with Crippen molar-refractivity contribution in [2.24, 2.45) is 0 Å². The first-order valence-corrected chi connectivity index (χ1v) is 4.75. The number of alkyl halides is 2. The van der Waals surface area contributed by atoms with Gasteiger partial charge in [-0.3, -0.25) is 4.79 Å². The highest BCUT2D eigenvalue weighted by atomic mass is 19.3. The second-order valence-electron chi connectivity index (χ2n) is 3.57. The van der Waals surface area contributed by atoms with E-state index in [0.717, 1.165) is 11.3 Å². The van der Waals surface area contributed by atoms with Crippen LogP contribution in [0.1, 0.15) is 26.2 Å². The molecule has 1 aliphatic rings. The highest BCUT2D eigenvalue weighted by Crippen LogP contribution is 2.25. The lowest BCUT2D eigenvalue weighted by atomic mass is 10.1. The first kappa shape index (κ1) is 11.6. The maximum absolute atomic E-state index is 12.8. The number of carbonyl (C=O) groups excluding carboxylic acids is 1. The van der Waals surface area contributed by atoms with Crippen LogP contribution in [0, 0.1) is 11.3 Å². The summed E-state index contributed by atoms with van der Waals surface area (Å²) in [6.45, 7) is 0.851. The number of nitriles is 1. The number of rotatable bonds is 1. The van der Waals surface area contributed by atoms with E-state index < -0.39 is 11.8 Å². The highest BCUT2D eigenvalue weighted by Gasteiger charge is 2.38. The first-order chi connectivity index (χ1) is 6.96. The number of carbonyl (C=O) groups is 1. The summed E-state index contributed by atoms with van der Waals surface area (Å²) in [4.78, 5) is 12.4. The van der Waals surface area contributed by atoms with Gasteiger partial charge in [0, 0.05) is 25.2 Å². The van der Waals surface area contributed by atoms with Gasteiger partial charge < -0.3 is 4.90 Å². The topological polar surface area (TPSA) is 44.1 Å². The van der Waals surface area contributed by atoms with Crippen molar-refractivity contribution in [2.45, 2.75) is 32.1 Å². The number of nitrogens with zero attached hydrogens (tertiary/aromatic N) is 2. The lowest BCUT2D eigenvalue weighted by Gasteiger charge is -2.30. The molecule has 1 fully saturated rings. The van der Waals surface area contributed by atoms with Gasteiger partial charge in [0.2, 0.25) is 0 Å². The molecule has 15 heavy (non-hydrogen) atoms. The van der Waals surface area contributed by atoms with Crippen LogP contribution in [0.5, 0.6) is 0 Å². The molecular weight excluding hydrogens is 202 g/mol. The van der Waals surface area contributed by atoms with E-state index in [1.807, 2.05) is 0 Å². The Balaban J connectivity index is 2.87. The second kappa shape index (κ2) is 4.39. The molecule has 0 atom stereocenters. The summed E-state index contributed by atoms with van der Waals surface area (Å²) < 4.78 is 25.6. The van der Waals surface area contributed by atoms with E-state index in [9.17, 15) is 13.6 Å². The largest absolute Gasteiger partial charge is 0.322 e. The maximum Gasteiger partial charge on any atom is 0.322 e. The molecule has 82 valence electrons. The lowest BCUT2D eigenvalue weighted by Crippen LogP contribution is -2.43. The zero-order chi connectivity index (χ0) is 11.5. The summed E-state index contributed by atoms with van der Waals surface area (Å²) in [5.41, 5.74) is 0.398. The lowest BCUT2D eigenvalue weighted by molar-refractivity contribution is -0.153. The van der Waals surface area contributed by atoms with Crippen LogP contribution >= 0.6 is 0 Å². The SMILES string of the molecule is CC(F)(F)C(=O)N1CCCCC1=CC#N. The van der Waals surface area contributed by atoms with Crippen LogP contribution < -0.4 is 0 Å². The Morgan fingerprint density at radius 2 is 2.27 bits per heavy atom. The van der Waals surface area contributed by atoms with Crippen molar-refractivity contribution >= 4 is 5.91 Å². The van der Waals surface area contributed by atoms with E-state index in [4.69, 9.17) is 5.26 Å².